The highest BCUT2D eigenvalue weighted by molar-refractivity contribution is 8.00. The number of thioether (sulfide) groups is 1. The van der Waals surface area contributed by atoms with Crippen molar-refractivity contribution in [2.75, 3.05) is 33.0 Å². The maximum Gasteiger partial charge on any atom is 0.253 e. The van der Waals surface area contributed by atoms with E-state index in [9.17, 15) is 4.79 Å². The summed E-state index contributed by atoms with van der Waals surface area (Å²) < 4.78 is 5.36. The monoisotopic (exact) mass is 280 g/mol. The predicted octanol–water partition coefficient (Wildman–Crippen LogP) is 2.24. The van der Waals surface area contributed by atoms with Gasteiger partial charge in [-0.3, -0.25) is 4.79 Å². The third-order valence-electron chi connectivity index (χ3n) is 3.13. The van der Waals surface area contributed by atoms with E-state index in [-0.39, 0.29) is 5.91 Å². The zero-order valence-electron chi connectivity index (χ0n) is 11.4. The van der Waals surface area contributed by atoms with E-state index < -0.39 is 0 Å². The first kappa shape index (κ1) is 14.2. The van der Waals surface area contributed by atoms with Crippen molar-refractivity contribution in [2.24, 2.45) is 0 Å². The summed E-state index contributed by atoms with van der Waals surface area (Å²) in [6.07, 6.45) is 2.08. The van der Waals surface area contributed by atoms with Crippen LogP contribution in [0.5, 0.6) is 0 Å². The van der Waals surface area contributed by atoms with E-state index in [0.717, 1.165) is 36.6 Å². The quantitative estimate of drug-likeness (QED) is 0.863. The SMILES string of the molecule is CN(C)C(=O)c1ccc(N)c(SC2CCOCC2)c1. The highest BCUT2D eigenvalue weighted by atomic mass is 32.2. The number of rotatable bonds is 3. The predicted molar refractivity (Wildman–Crippen MR) is 78.6 cm³/mol. The summed E-state index contributed by atoms with van der Waals surface area (Å²) >= 11 is 1.76. The fourth-order valence-corrected chi connectivity index (χ4v) is 3.19. The van der Waals surface area contributed by atoms with E-state index in [1.807, 2.05) is 12.1 Å². The lowest BCUT2D eigenvalue weighted by Gasteiger charge is -2.22. The highest BCUT2D eigenvalue weighted by Gasteiger charge is 2.17. The Morgan fingerprint density at radius 2 is 2.05 bits per heavy atom. The molecule has 1 aromatic rings. The summed E-state index contributed by atoms with van der Waals surface area (Å²) in [5.74, 6) is 0.00817. The Balaban J connectivity index is 2.14. The van der Waals surface area contributed by atoms with Crippen molar-refractivity contribution in [2.45, 2.75) is 23.0 Å². The van der Waals surface area contributed by atoms with Crippen molar-refractivity contribution in [1.29, 1.82) is 0 Å². The number of carbonyl (C=O) groups excluding carboxylic acids is 1. The van der Waals surface area contributed by atoms with Gasteiger partial charge in [0.2, 0.25) is 0 Å². The van der Waals surface area contributed by atoms with Crippen molar-refractivity contribution in [3.05, 3.63) is 23.8 Å². The Morgan fingerprint density at radius 1 is 1.37 bits per heavy atom. The average Bonchev–Trinajstić information content (AvgIpc) is 2.41. The van der Waals surface area contributed by atoms with Crippen LogP contribution in [0.25, 0.3) is 0 Å². The lowest BCUT2D eigenvalue weighted by Crippen LogP contribution is -2.22. The Bertz CT molecular complexity index is 457. The minimum absolute atomic E-state index is 0.00817. The van der Waals surface area contributed by atoms with Crippen LogP contribution in [0, 0.1) is 0 Å². The third-order valence-corrected chi connectivity index (χ3v) is 4.54. The van der Waals surface area contributed by atoms with Gasteiger partial charge < -0.3 is 15.4 Å². The number of amides is 1. The van der Waals surface area contributed by atoms with E-state index in [0.29, 0.717) is 10.8 Å². The first-order valence-electron chi connectivity index (χ1n) is 6.43. The molecule has 1 heterocycles. The number of carbonyl (C=O) groups is 1. The molecule has 1 amide bonds. The topological polar surface area (TPSA) is 55.6 Å². The zero-order chi connectivity index (χ0) is 13.8. The molecular weight excluding hydrogens is 260 g/mol. The summed E-state index contributed by atoms with van der Waals surface area (Å²) in [5, 5.41) is 0.528. The third kappa shape index (κ3) is 3.64. The molecule has 0 radical (unpaired) electrons. The number of hydrogen-bond acceptors (Lipinski definition) is 4. The van der Waals surface area contributed by atoms with Crippen LogP contribution < -0.4 is 5.73 Å². The van der Waals surface area contributed by atoms with Gasteiger partial charge in [0.15, 0.2) is 0 Å². The molecule has 0 saturated carbocycles. The maximum atomic E-state index is 12.0. The van der Waals surface area contributed by atoms with E-state index >= 15 is 0 Å². The molecular formula is C14H20N2O2S. The molecule has 0 spiro atoms. The molecule has 0 bridgehead atoms. The first-order chi connectivity index (χ1) is 9.08. The van der Waals surface area contributed by atoms with Crippen molar-refractivity contribution >= 4 is 23.4 Å². The zero-order valence-corrected chi connectivity index (χ0v) is 12.2. The number of benzene rings is 1. The highest BCUT2D eigenvalue weighted by Crippen LogP contribution is 2.34. The van der Waals surface area contributed by atoms with Crippen molar-refractivity contribution in [3.8, 4) is 0 Å². The van der Waals surface area contributed by atoms with Crippen molar-refractivity contribution in [3.63, 3.8) is 0 Å². The van der Waals surface area contributed by atoms with Crippen LogP contribution in [0.4, 0.5) is 5.69 Å². The first-order valence-corrected chi connectivity index (χ1v) is 7.31. The second kappa shape index (κ2) is 6.30. The van der Waals surface area contributed by atoms with Gasteiger partial charge in [-0.2, -0.15) is 0 Å². The number of nitrogens with zero attached hydrogens (tertiary/aromatic N) is 1. The van der Waals surface area contributed by atoms with Gasteiger partial charge in [-0.25, -0.2) is 0 Å². The van der Waals surface area contributed by atoms with Crippen LogP contribution in [0.2, 0.25) is 0 Å². The standard InChI is InChI=1S/C14H20N2O2S/c1-16(2)14(17)10-3-4-12(15)13(9-10)19-11-5-7-18-8-6-11/h3-4,9,11H,5-8,15H2,1-2H3. The summed E-state index contributed by atoms with van der Waals surface area (Å²) in [6, 6.07) is 5.50. The number of ether oxygens (including phenoxy) is 1. The Hall–Kier alpha value is -1.20. The van der Waals surface area contributed by atoms with Crippen LogP contribution in [-0.4, -0.2) is 43.4 Å². The fraction of sp³-hybridized carbons (Fsp3) is 0.500. The van der Waals surface area contributed by atoms with Crippen LogP contribution in [0.3, 0.4) is 0 Å². The molecule has 2 rings (SSSR count). The number of anilines is 1. The van der Waals surface area contributed by atoms with Gasteiger partial charge in [0.25, 0.3) is 5.91 Å². The molecule has 0 unspecified atom stereocenters. The lowest BCUT2D eigenvalue weighted by atomic mass is 10.2. The molecule has 4 nitrogen and oxygen atoms in total. The van der Waals surface area contributed by atoms with Gasteiger partial charge in [-0.1, -0.05) is 0 Å². The molecule has 1 aliphatic rings. The van der Waals surface area contributed by atoms with Gasteiger partial charge in [0.05, 0.1) is 0 Å². The summed E-state index contributed by atoms with van der Waals surface area (Å²) in [6.45, 7) is 1.63. The second-order valence-corrected chi connectivity index (χ2v) is 6.22. The number of nitrogen functional groups attached to an aromatic ring is 1. The van der Waals surface area contributed by atoms with Gasteiger partial charge >= 0.3 is 0 Å². The summed E-state index contributed by atoms with van der Waals surface area (Å²) in [4.78, 5) is 14.5. The molecule has 1 aliphatic heterocycles. The van der Waals surface area contributed by atoms with Crippen LogP contribution in [0.1, 0.15) is 23.2 Å². The van der Waals surface area contributed by atoms with Gasteiger partial charge in [0, 0.05) is 48.7 Å². The van der Waals surface area contributed by atoms with Gasteiger partial charge in [-0.05, 0) is 31.0 Å². The Morgan fingerprint density at radius 3 is 2.68 bits per heavy atom. The smallest absolute Gasteiger partial charge is 0.253 e. The van der Waals surface area contributed by atoms with Crippen LogP contribution in [0.15, 0.2) is 23.1 Å². The molecule has 5 heteroatoms. The summed E-state index contributed by atoms with van der Waals surface area (Å²) in [7, 11) is 3.51. The largest absolute Gasteiger partial charge is 0.398 e. The van der Waals surface area contributed by atoms with Crippen molar-refractivity contribution in [1.82, 2.24) is 4.90 Å². The normalized spacial score (nSPS) is 16.3. The summed E-state index contributed by atoms with van der Waals surface area (Å²) in [5.41, 5.74) is 7.44. The molecule has 0 aromatic heterocycles. The molecule has 1 aromatic carbocycles. The van der Waals surface area contributed by atoms with Gasteiger partial charge in [0.1, 0.15) is 0 Å². The maximum absolute atomic E-state index is 12.0. The number of hydrogen-bond donors (Lipinski definition) is 1. The van der Waals surface area contributed by atoms with Gasteiger partial charge in [-0.15, -0.1) is 11.8 Å². The van der Waals surface area contributed by atoms with E-state index in [4.69, 9.17) is 10.5 Å². The molecule has 19 heavy (non-hydrogen) atoms. The molecule has 2 N–H and O–H groups in total. The van der Waals surface area contributed by atoms with E-state index in [1.165, 1.54) is 0 Å². The lowest BCUT2D eigenvalue weighted by molar-refractivity contribution is 0.0827. The van der Waals surface area contributed by atoms with Crippen LogP contribution >= 0.6 is 11.8 Å². The Kier molecular flexibility index (Phi) is 4.71. The van der Waals surface area contributed by atoms with E-state index in [2.05, 4.69) is 0 Å². The molecule has 104 valence electrons. The van der Waals surface area contributed by atoms with E-state index in [1.54, 1.807) is 36.8 Å². The second-order valence-electron chi connectivity index (χ2n) is 4.88. The fourth-order valence-electron chi connectivity index (χ4n) is 2.00. The molecule has 1 fully saturated rings. The molecule has 0 atom stereocenters. The molecule has 0 aliphatic carbocycles. The minimum Gasteiger partial charge on any atom is -0.398 e. The number of nitrogens with two attached hydrogens (primary N) is 1. The Labute approximate surface area is 118 Å². The molecule has 1 saturated heterocycles. The minimum atomic E-state index is 0.00817. The van der Waals surface area contributed by atoms with Crippen LogP contribution in [-0.2, 0) is 4.74 Å². The average molecular weight is 280 g/mol. The van der Waals surface area contributed by atoms with Crippen molar-refractivity contribution < 1.29 is 9.53 Å².